The minimum Gasteiger partial charge on any atom is -0.327 e. The average Bonchev–Trinajstić information content (AvgIpc) is 2.64. The van der Waals surface area contributed by atoms with Crippen LogP contribution in [-0.4, -0.2) is 6.04 Å². The Morgan fingerprint density at radius 3 is 2.50 bits per heavy atom. The van der Waals surface area contributed by atoms with Crippen LogP contribution in [-0.2, 0) is 0 Å². The van der Waals surface area contributed by atoms with E-state index in [0.717, 1.165) is 17.8 Å². The molecule has 2 fully saturated rings. The van der Waals surface area contributed by atoms with Crippen LogP contribution in [0.1, 0.15) is 58.3 Å². The Kier molecular flexibility index (Phi) is 3.48. The highest BCUT2D eigenvalue weighted by molar-refractivity contribution is 4.83. The zero-order chi connectivity index (χ0) is 9.97. The summed E-state index contributed by atoms with van der Waals surface area (Å²) in [5.41, 5.74) is 6.22. The summed E-state index contributed by atoms with van der Waals surface area (Å²) in [4.78, 5) is 0. The molecule has 1 heteroatoms. The maximum absolute atomic E-state index is 6.22. The number of hydrogen-bond donors (Lipinski definition) is 1. The Labute approximate surface area is 88.4 Å². The minimum atomic E-state index is 0.520. The van der Waals surface area contributed by atoms with Crippen LogP contribution in [0.3, 0.4) is 0 Å². The standard InChI is InChI=1S/C13H25N/c1-10-6-7-13(14)12(8-10)9-11-4-2-3-5-11/h10-13H,2-9,14H2,1H3. The second-order valence-electron chi connectivity index (χ2n) is 5.73. The van der Waals surface area contributed by atoms with Gasteiger partial charge >= 0.3 is 0 Å². The van der Waals surface area contributed by atoms with Crippen molar-refractivity contribution in [1.29, 1.82) is 0 Å². The van der Waals surface area contributed by atoms with Crippen LogP contribution in [0.2, 0.25) is 0 Å². The summed E-state index contributed by atoms with van der Waals surface area (Å²) < 4.78 is 0. The van der Waals surface area contributed by atoms with Crippen molar-refractivity contribution in [2.75, 3.05) is 0 Å². The number of rotatable bonds is 2. The zero-order valence-electron chi connectivity index (χ0n) is 9.54. The maximum atomic E-state index is 6.22. The van der Waals surface area contributed by atoms with Gasteiger partial charge in [-0.25, -0.2) is 0 Å². The first-order valence-electron chi connectivity index (χ1n) is 6.51. The summed E-state index contributed by atoms with van der Waals surface area (Å²) in [6.45, 7) is 2.40. The van der Waals surface area contributed by atoms with Gasteiger partial charge in [-0.15, -0.1) is 0 Å². The van der Waals surface area contributed by atoms with Gasteiger partial charge in [0.05, 0.1) is 0 Å². The van der Waals surface area contributed by atoms with Crippen LogP contribution < -0.4 is 5.73 Å². The molecule has 2 rings (SSSR count). The van der Waals surface area contributed by atoms with Crippen LogP contribution >= 0.6 is 0 Å². The predicted molar refractivity (Wildman–Crippen MR) is 61.1 cm³/mol. The summed E-state index contributed by atoms with van der Waals surface area (Å²) in [5.74, 6) is 2.81. The molecule has 0 heterocycles. The van der Waals surface area contributed by atoms with Gasteiger partial charge in [-0.2, -0.15) is 0 Å². The van der Waals surface area contributed by atoms with E-state index in [1.54, 1.807) is 0 Å². The third-order valence-electron chi connectivity index (χ3n) is 4.41. The monoisotopic (exact) mass is 195 g/mol. The normalized spacial score (nSPS) is 40.3. The Balaban J connectivity index is 1.82. The Hall–Kier alpha value is -0.0400. The van der Waals surface area contributed by atoms with Gasteiger partial charge in [0.2, 0.25) is 0 Å². The molecule has 0 amide bonds. The quantitative estimate of drug-likeness (QED) is 0.718. The zero-order valence-corrected chi connectivity index (χ0v) is 9.54. The molecule has 82 valence electrons. The first-order valence-corrected chi connectivity index (χ1v) is 6.51. The molecule has 3 unspecified atom stereocenters. The van der Waals surface area contributed by atoms with Gasteiger partial charge in [0.15, 0.2) is 0 Å². The fourth-order valence-corrected chi connectivity index (χ4v) is 3.47. The molecule has 0 radical (unpaired) electrons. The van der Waals surface area contributed by atoms with E-state index in [0.29, 0.717) is 6.04 Å². The Morgan fingerprint density at radius 2 is 1.79 bits per heavy atom. The highest BCUT2D eigenvalue weighted by atomic mass is 14.7. The van der Waals surface area contributed by atoms with Crippen molar-refractivity contribution in [2.24, 2.45) is 23.5 Å². The summed E-state index contributed by atoms with van der Waals surface area (Å²) in [7, 11) is 0. The van der Waals surface area contributed by atoms with Gasteiger partial charge in [-0.1, -0.05) is 32.6 Å². The summed E-state index contributed by atoms with van der Waals surface area (Å²) >= 11 is 0. The van der Waals surface area contributed by atoms with E-state index >= 15 is 0 Å². The fourth-order valence-electron chi connectivity index (χ4n) is 3.47. The highest BCUT2D eigenvalue weighted by Gasteiger charge is 2.29. The predicted octanol–water partition coefficient (Wildman–Crippen LogP) is 3.33. The van der Waals surface area contributed by atoms with Crippen LogP contribution in [0, 0.1) is 17.8 Å². The van der Waals surface area contributed by atoms with Crippen LogP contribution in [0.5, 0.6) is 0 Å². The lowest BCUT2D eigenvalue weighted by atomic mass is 9.75. The molecule has 2 aliphatic carbocycles. The van der Waals surface area contributed by atoms with Gasteiger partial charge in [-0.3, -0.25) is 0 Å². The molecule has 0 bridgehead atoms. The van der Waals surface area contributed by atoms with E-state index in [2.05, 4.69) is 6.92 Å². The van der Waals surface area contributed by atoms with Crippen molar-refractivity contribution < 1.29 is 0 Å². The molecular formula is C13H25N. The molecule has 2 N–H and O–H groups in total. The van der Waals surface area contributed by atoms with Crippen molar-refractivity contribution >= 4 is 0 Å². The molecule has 0 aromatic heterocycles. The summed E-state index contributed by atoms with van der Waals surface area (Å²) in [6, 6.07) is 0.520. The minimum absolute atomic E-state index is 0.520. The van der Waals surface area contributed by atoms with Gasteiger partial charge in [0.25, 0.3) is 0 Å². The molecule has 14 heavy (non-hydrogen) atoms. The van der Waals surface area contributed by atoms with E-state index < -0.39 is 0 Å². The van der Waals surface area contributed by atoms with Gasteiger partial charge in [0.1, 0.15) is 0 Å². The van der Waals surface area contributed by atoms with Gasteiger partial charge in [0, 0.05) is 6.04 Å². The topological polar surface area (TPSA) is 26.0 Å². The van der Waals surface area contributed by atoms with E-state index in [4.69, 9.17) is 5.73 Å². The smallest absolute Gasteiger partial charge is 0.00674 e. The molecule has 0 aromatic rings. The molecule has 0 spiro atoms. The first-order chi connectivity index (χ1) is 6.75. The molecule has 1 nitrogen and oxygen atoms in total. The highest BCUT2D eigenvalue weighted by Crippen LogP contribution is 2.37. The molecule has 0 aromatic carbocycles. The van der Waals surface area contributed by atoms with Crippen LogP contribution in [0.25, 0.3) is 0 Å². The lowest BCUT2D eigenvalue weighted by molar-refractivity contribution is 0.208. The van der Waals surface area contributed by atoms with Gasteiger partial charge < -0.3 is 5.73 Å². The lowest BCUT2D eigenvalue weighted by Gasteiger charge is -2.34. The molecule has 2 aliphatic rings. The Morgan fingerprint density at radius 1 is 1.07 bits per heavy atom. The van der Waals surface area contributed by atoms with E-state index in [9.17, 15) is 0 Å². The third-order valence-corrected chi connectivity index (χ3v) is 4.41. The maximum Gasteiger partial charge on any atom is 0.00674 e. The first kappa shape index (κ1) is 10.5. The van der Waals surface area contributed by atoms with Gasteiger partial charge in [-0.05, 0) is 43.4 Å². The van der Waals surface area contributed by atoms with Crippen molar-refractivity contribution in [2.45, 2.75) is 64.3 Å². The van der Waals surface area contributed by atoms with E-state index in [1.165, 1.54) is 51.4 Å². The SMILES string of the molecule is CC1CCC(N)C(CC2CCCC2)C1. The second kappa shape index (κ2) is 4.65. The van der Waals surface area contributed by atoms with Crippen molar-refractivity contribution in [3.8, 4) is 0 Å². The third kappa shape index (κ3) is 2.50. The summed E-state index contributed by atoms with van der Waals surface area (Å²) in [5, 5.41) is 0. The summed E-state index contributed by atoms with van der Waals surface area (Å²) in [6.07, 6.45) is 11.4. The van der Waals surface area contributed by atoms with Crippen LogP contribution in [0.15, 0.2) is 0 Å². The van der Waals surface area contributed by atoms with Crippen molar-refractivity contribution in [3.63, 3.8) is 0 Å². The molecule has 3 atom stereocenters. The molecular weight excluding hydrogens is 170 g/mol. The number of nitrogens with two attached hydrogens (primary N) is 1. The largest absolute Gasteiger partial charge is 0.327 e. The fraction of sp³-hybridized carbons (Fsp3) is 1.00. The molecule has 0 aliphatic heterocycles. The van der Waals surface area contributed by atoms with E-state index in [1.807, 2.05) is 0 Å². The van der Waals surface area contributed by atoms with Crippen molar-refractivity contribution in [1.82, 2.24) is 0 Å². The van der Waals surface area contributed by atoms with Crippen molar-refractivity contribution in [3.05, 3.63) is 0 Å². The molecule has 2 saturated carbocycles. The Bertz CT molecular complexity index is 172. The second-order valence-corrected chi connectivity index (χ2v) is 5.73. The van der Waals surface area contributed by atoms with Crippen LogP contribution in [0.4, 0.5) is 0 Å². The number of hydrogen-bond acceptors (Lipinski definition) is 1. The molecule has 0 saturated heterocycles. The lowest BCUT2D eigenvalue weighted by Crippen LogP contribution is -2.36. The average molecular weight is 195 g/mol. The van der Waals surface area contributed by atoms with E-state index in [-0.39, 0.29) is 0 Å².